The van der Waals surface area contributed by atoms with Gasteiger partial charge in [-0.05, 0) is 6.07 Å². The number of aromatic nitrogens is 5. The summed E-state index contributed by atoms with van der Waals surface area (Å²) in [6.07, 6.45) is 4.15. The van der Waals surface area contributed by atoms with E-state index in [-0.39, 0.29) is 5.82 Å². The lowest BCUT2D eigenvalue weighted by molar-refractivity contribution is 0.584. The van der Waals surface area contributed by atoms with Crippen molar-refractivity contribution in [2.24, 2.45) is 7.05 Å². The summed E-state index contributed by atoms with van der Waals surface area (Å²) in [4.78, 5) is 3.83. The van der Waals surface area contributed by atoms with Gasteiger partial charge in [-0.15, -0.1) is 5.10 Å². The molecule has 0 N–H and O–H groups in total. The smallest absolute Gasteiger partial charge is 0.252 e. The van der Waals surface area contributed by atoms with Crippen molar-refractivity contribution in [2.45, 2.75) is 13.0 Å². The molecule has 0 aliphatic heterocycles. The summed E-state index contributed by atoms with van der Waals surface area (Å²) in [6, 6.07) is 3.85. The first kappa shape index (κ1) is 9.40. The fourth-order valence-corrected chi connectivity index (χ4v) is 1.33. The highest BCUT2D eigenvalue weighted by Crippen LogP contribution is 1.99. The van der Waals surface area contributed by atoms with E-state index in [4.69, 9.17) is 5.26 Å². The molecular formula is C9H10N6. The van der Waals surface area contributed by atoms with Crippen LogP contribution in [0.2, 0.25) is 0 Å². The van der Waals surface area contributed by atoms with E-state index in [9.17, 15) is 0 Å². The molecule has 2 aromatic rings. The van der Waals surface area contributed by atoms with Crippen molar-refractivity contribution >= 4 is 0 Å². The molecule has 2 aromatic heterocycles. The van der Waals surface area contributed by atoms with Crippen LogP contribution in [-0.4, -0.2) is 24.5 Å². The van der Waals surface area contributed by atoms with Gasteiger partial charge in [-0.3, -0.25) is 9.36 Å². The van der Waals surface area contributed by atoms with Crippen molar-refractivity contribution < 1.29 is 0 Å². The van der Waals surface area contributed by atoms with Crippen molar-refractivity contribution in [3.05, 3.63) is 30.1 Å². The molecule has 2 rings (SSSR count). The monoisotopic (exact) mass is 202 g/mol. The lowest BCUT2D eigenvalue weighted by Crippen LogP contribution is -2.06. The third kappa shape index (κ3) is 2.02. The number of rotatable bonds is 3. The molecule has 0 amide bonds. The summed E-state index contributed by atoms with van der Waals surface area (Å²) in [5, 5.41) is 16.6. The van der Waals surface area contributed by atoms with Crippen LogP contribution >= 0.6 is 0 Å². The van der Waals surface area contributed by atoms with Crippen LogP contribution in [0.25, 0.3) is 0 Å². The fraction of sp³-hybridized carbons (Fsp3) is 0.333. The molecule has 0 atom stereocenters. The van der Waals surface area contributed by atoms with E-state index in [0.717, 1.165) is 12.1 Å². The fourth-order valence-electron chi connectivity index (χ4n) is 1.33. The van der Waals surface area contributed by atoms with E-state index in [1.54, 1.807) is 17.2 Å². The molecule has 0 aliphatic rings. The number of hydrogen-bond donors (Lipinski definition) is 0. The average Bonchev–Trinajstić information content (AvgIpc) is 2.84. The van der Waals surface area contributed by atoms with Crippen LogP contribution in [0.4, 0.5) is 0 Å². The summed E-state index contributed by atoms with van der Waals surface area (Å²) in [7, 11) is 1.90. The summed E-state index contributed by atoms with van der Waals surface area (Å²) in [6.45, 7) is 0.703. The van der Waals surface area contributed by atoms with Gasteiger partial charge < -0.3 is 0 Å². The zero-order chi connectivity index (χ0) is 10.7. The zero-order valence-electron chi connectivity index (χ0n) is 8.33. The second-order valence-electron chi connectivity index (χ2n) is 3.14. The Labute approximate surface area is 86.8 Å². The summed E-state index contributed by atoms with van der Waals surface area (Å²) >= 11 is 0. The van der Waals surface area contributed by atoms with Gasteiger partial charge in [0.2, 0.25) is 0 Å². The first-order valence-electron chi connectivity index (χ1n) is 4.56. The van der Waals surface area contributed by atoms with Gasteiger partial charge in [0.05, 0.1) is 0 Å². The molecule has 6 nitrogen and oxygen atoms in total. The highest BCUT2D eigenvalue weighted by molar-refractivity contribution is 5.05. The SMILES string of the molecule is Cn1nccc1CCn1cnc(C#N)n1. The minimum absolute atomic E-state index is 0.208. The van der Waals surface area contributed by atoms with E-state index in [1.807, 2.05) is 23.9 Å². The van der Waals surface area contributed by atoms with Crippen LogP contribution < -0.4 is 0 Å². The quantitative estimate of drug-likeness (QED) is 0.709. The van der Waals surface area contributed by atoms with E-state index in [0.29, 0.717) is 6.54 Å². The largest absolute Gasteiger partial charge is 0.273 e. The number of hydrogen-bond acceptors (Lipinski definition) is 4. The van der Waals surface area contributed by atoms with Crippen LogP contribution in [0.3, 0.4) is 0 Å². The van der Waals surface area contributed by atoms with Gasteiger partial charge in [-0.25, -0.2) is 4.98 Å². The first-order chi connectivity index (χ1) is 7.29. The topological polar surface area (TPSA) is 72.3 Å². The normalized spacial score (nSPS) is 10.1. The minimum atomic E-state index is 0.208. The van der Waals surface area contributed by atoms with Crippen molar-refractivity contribution in [3.63, 3.8) is 0 Å². The molecule has 0 spiro atoms. The van der Waals surface area contributed by atoms with Gasteiger partial charge in [0.25, 0.3) is 5.82 Å². The van der Waals surface area contributed by atoms with Crippen LogP contribution in [-0.2, 0) is 20.0 Å². The maximum atomic E-state index is 8.54. The third-order valence-corrected chi connectivity index (χ3v) is 2.16. The van der Waals surface area contributed by atoms with Crippen LogP contribution in [0.15, 0.2) is 18.6 Å². The molecule has 0 bridgehead atoms. The number of nitriles is 1. The van der Waals surface area contributed by atoms with Gasteiger partial charge in [0, 0.05) is 31.9 Å². The van der Waals surface area contributed by atoms with Crippen molar-refractivity contribution in [2.75, 3.05) is 0 Å². The Kier molecular flexibility index (Phi) is 2.46. The van der Waals surface area contributed by atoms with Gasteiger partial charge in [-0.2, -0.15) is 10.4 Å². The molecule has 76 valence electrons. The maximum absolute atomic E-state index is 8.54. The van der Waals surface area contributed by atoms with Gasteiger partial charge in [0.1, 0.15) is 12.4 Å². The maximum Gasteiger partial charge on any atom is 0.252 e. The molecule has 0 saturated heterocycles. The Bertz CT molecular complexity index is 489. The van der Waals surface area contributed by atoms with Gasteiger partial charge in [0.15, 0.2) is 0 Å². The Morgan fingerprint density at radius 1 is 1.53 bits per heavy atom. The van der Waals surface area contributed by atoms with Crippen LogP contribution in [0.1, 0.15) is 11.5 Å². The van der Waals surface area contributed by atoms with Crippen molar-refractivity contribution in [3.8, 4) is 6.07 Å². The van der Waals surface area contributed by atoms with Crippen LogP contribution in [0, 0.1) is 11.3 Å². The van der Waals surface area contributed by atoms with Gasteiger partial charge in [-0.1, -0.05) is 0 Å². The molecule has 15 heavy (non-hydrogen) atoms. The van der Waals surface area contributed by atoms with Crippen molar-refractivity contribution in [1.29, 1.82) is 5.26 Å². The molecule has 0 aliphatic carbocycles. The lowest BCUT2D eigenvalue weighted by Gasteiger charge is -2.01. The van der Waals surface area contributed by atoms with E-state index in [1.165, 1.54) is 0 Å². The predicted molar refractivity (Wildman–Crippen MR) is 51.6 cm³/mol. The third-order valence-electron chi connectivity index (χ3n) is 2.16. The van der Waals surface area contributed by atoms with Crippen LogP contribution in [0.5, 0.6) is 0 Å². The average molecular weight is 202 g/mol. The molecule has 0 radical (unpaired) electrons. The van der Waals surface area contributed by atoms with Crippen molar-refractivity contribution in [1.82, 2.24) is 24.5 Å². The molecule has 0 aromatic carbocycles. The lowest BCUT2D eigenvalue weighted by atomic mass is 10.3. The predicted octanol–water partition coefficient (Wildman–Crippen LogP) is 0.126. The van der Waals surface area contributed by atoms with Gasteiger partial charge >= 0.3 is 0 Å². The zero-order valence-corrected chi connectivity index (χ0v) is 8.33. The highest BCUT2D eigenvalue weighted by atomic mass is 15.3. The number of nitrogens with zero attached hydrogens (tertiary/aromatic N) is 6. The molecule has 2 heterocycles. The Balaban J connectivity index is 2.00. The molecule has 0 saturated carbocycles. The molecular weight excluding hydrogens is 192 g/mol. The van der Waals surface area contributed by atoms with E-state index >= 15 is 0 Å². The Hall–Kier alpha value is -2.16. The second-order valence-corrected chi connectivity index (χ2v) is 3.14. The summed E-state index contributed by atoms with van der Waals surface area (Å²) in [5.41, 5.74) is 1.13. The Morgan fingerprint density at radius 3 is 3.00 bits per heavy atom. The highest BCUT2D eigenvalue weighted by Gasteiger charge is 2.01. The minimum Gasteiger partial charge on any atom is -0.273 e. The van der Waals surface area contributed by atoms with E-state index < -0.39 is 0 Å². The summed E-state index contributed by atoms with van der Waals surface area (Å²) < 4.78 is 3.48. The number of aryl methyl sites for hydroxylation is 3. The molecule has 0 fully saturated rings. The summed E-state index contributed by atoms with van der Waals surface area (Å²) in [5.74, 6) is 0.208. The van der Waals surface area contributed by atoms with E-state index in [2.05, 4.69) is 15.2 Å². The molecule has 6 heteroatoms. The second kappa shape index (κ2) is 3.92. The molecule has 0 unspecified atom stereocenters. The first-order valence-corrected chi connectivity index (χ1v) is 4.56. The standard InChI is InChI=1S/C9H10N6/c1-14-8(2-4-12-14)3-5-15-7-11-9(6-10)13-15/h2,4,7H,3,5H2,1H3. The Morgan fingerprint density at radius 2 is 2.40 bits per heavy atom.